The van der Waals surface area contributed by atoms with Gasteiger partial charge >= 0.3 is 12.1 Å². The lowest BCUT2D eigenvalue weighted by Crippen LogP contribution is -2.32. The molecule has 1 aromatic carbocycles. The molecule has 0 aliphatic carbocycles. The number of carbonyl (C=O) groups is 3. The Morgan fingerprint density at radius 2 is 1.82 bits per heavy atom. The van der Waals surface area contributed by atoms with Crippen LogP contribution in [0.15, 0.2) is 60.3 Å². The second-order valence-electron chi connectivity index (χ2n) is 8.96. The largest absolute Gasteiger partial charge is 0.365 e. The Morgan fingerprint density at radius 1 is 1.11 bits per heavy atom. The molecule has 38 heavy (non-hydrogen) atoms. The summed E-state index contributed by atoms with van der Waals surface area (Å²) < 4.78 is 4.35. The monoisotopic (exact) mass is 537 g/mol. The van der Waals surface area contributed by atoms with Gasteiger partial charge in [-0.25, -0.2) is 9.59 Å². The van der Waals surface area contributed by atoms with Gasteiger partial charge < -0.3 is 26.6 Å². The van der Waals surface area contributed by atoms with Gasteiger partial charge in [0.15, 0.2) is 0 Å². The first-order valence-corrected chi connectivity index (χ1v) is 13.3. The van der Waals surface area contributed by atoms with E-state index >= 15 is 0 Å². The highest BCUT2D eigenvalue weighted by molar-refractivity contribution is 7.11. The first-order chi connectivity index (χ1) is 18.3. The van der Waals surface area contributed by atoms with Gasteiger partial charge in [-0.15, -0.1) is 0 Å². The van der Waals surface area contributed by atoms with Crippen molar-refractivity contribution in [3.05, 3.63) is 65.9 Å². The van der Waals surface area contributed by atoms with Crippen LogP contribution in [-0.2, 0) is 0 Å². The van der Waals surface area contributed by atoms with Crippen LogP contribution in [0.2, 0.25) is 0 Å². The number of hydrogen-bond donors (Lipinski definition) is 5. The molecular formula is C27H35N7O3S. The summed E-state index contributed by atoms with van der Waals surface area (Å²) in [5.41, 5.74) is 8.81. The van der Waals surface area contributed by atoms with Crippen LogP contribution in [0.1, 0.15) is 43.5 Å². The molecule has 1 fully saturated rings. The fourth-order valence-electron chi connectivity index (χ4n) is 3.91. The Bertz CT molecular complexity index is 1210. The minimum Gasteiger partial charge on any atom is -0.365 e. The standard InChI is InChI=1S/C27H35N7O3S/c1-4-20(11-8-18(2)3)30-27(37)31-21-12-9-19(10-13-21)23-22(24(28)35)25(38-33-23)32-26(36)29-14-7-17-34-15-5-6-16-34/h4,8-13H,2,5-7,14-17H2,1,3H3,(H2,28,35)(H2,29,32,36)(H2,30,31,37)/b11-8-,20-4+. The molecule has 0 radical (unpaired) electrons. The molecule has 0 atom stereocenters. The average Bonchev–Trinajstić information content (AvgIpc) is 3.55. The molecule has 0 bridgehead atoms. The van der Waals surface area contributed by atoms with E-state index in [1.54, 1.807) is 42.5 Å². The van der Waals surface area contributed by atoms with E-state index in [2.05, 4.69) is 37.1 Å². The molecule has 1 aliphatic rings. The maximum atomic E-state index is 12.4. The highest BCUT2D eigenvalue weighted by atomic mass is 32.1. The predicted molar refractivity (Wildman–Crippen MR) is 153 cm³/mol. The fourth-order valence-corrected chi connectivity index (χ4v) is 4.71. The molecule has 1 aliphatic heterocycles. The minimum absolute atomic E-state index is 0.141. The van der Waals surface area contributed by atoms with Gasteiger partial charge in [0.1, 0.15) is 10.6 Å². The van der Waals surface area contributed by atoms with E-state index < -0.39 is 18.0 Å². The van der Waals surface area contributed by atoms with Gasteiger partial charge in [0.05, 0.1) is 5.69 Å². The average molecular weight is 538 g/mol. The first kappa shape index (κ1) is 28.6. The quantitative estimate of drug-likeness (QED) is 0.209. The first-order valence-electron chi connectivity index (χ1n) is 12.5. The molecule has 202 valence electrons. The lowest BCUT2D eigenvalue weighted by atomic mass is 10.1. The van der Waals surface area contributed by atoms with Crippen LogP contribution in [0.25, 0.3) is 11.3 Å². The summed E-state index contributed by atoms with van der Waals surface area (Å²) in [6, 6.07) is 6.01. The summed E-state index contributed by atoms with van der Waals surface area (Å²) in [7, 11) is 0. The Kier molecular flexibility index (Phi) is 10.6. The summed E-state index contributed by atoms with van der Waals surface area (Å²) in [6.07, 6.45) is 8.66. The summed E-state index contributed by atoms with van der Waals surface area (Å²) in [5, 5.41) is 11.3. The Labute approximate surface area is 227 Å². The molecule has 3 rings (SSSR count). The number of likely N-dealkylation sites (tertiary alicyclic amines) is 1. The van der Waals surface area contributed by atoms with Gasteiger partial charge in [-0.05, 0) is 82.5 Å². The van der Waals surface area contributed by atoms with Crippen molar-refractivity contribution in [3.63, 3.8) is 0 Å². The third kappa shape index (κ3) is 8.56. The summed E-state index contributed by atoms with van der Waals surface area (Å²) >= 11 is 0.988. The number of aromatic nitrogens is 1. The Balaban J connectivity index is 1.59. The van der Waals surface area contributed by atoms with E-state index in [4.69, 9.17) is 5.73 Å². The van der Waals surface area contributed by atoms with Crippen molar-refractivity contribution in [3.8, 4) is 11.3 Å². The second kappa shape index (κ2) is 14.1. The van der Waals surface area contributed by atoms with Crippen LogP contribution < -0.4 is 27.0 Å². The van der Waals surface area contributed by atoms with Crippen molar-refractivity contribution in [2.24, 2.45) is 5.73 Å². The number of nitrogens with two attached hydrogens (primary N) is 1. The number of hydrogen-bond acceptors (Lipinski definition) is 6. The van der Waals surface area contributed by atoms with E-state index in [-0.39, 0.29) is 10.6 Å². The third-order valence-electron chi connectivity index (χ3n) is 5.83. The van der Waals surface area contributed by atoms with E-state index in [9.17, 15) is 14.4 Å². The molecule has 2 aromatic rings. The van der Waals surface area contributed by atoms with Crippen molar-refractivity contribution >= 4 is 40.2 Å². The molecule has 11 heteroatoms. The smallest absolute Gasteiger partial charge is 0.323 e. The van der Waals surface area contributed by atoms with Crippen molar-refractivity contribution in [1.29, 1.82) is 0 Å². The zero-order chi connectivity index (χ0) is 27.5. The topological polar surface area (TPSA) is 141 Å². The number of allylic oxidation sites excluding steroid dienone is 4. The molecule has 5 amide bonds. The van der Waals surface area contributed by atoms with Crippen LogP contribution in [0.4, 0.5) is 20.3 Å². The number of carbonyl (C=O) groups excluding carboxylic acids is 3. The van der Waals surface area contributed by atoms with Gasteiger partial charge in [-0.2, -0.15) is 4.37 Å². The molecule has 0 saturated carbocycles. The minimum atomic E-state index is -0.693. The van der Waals surface area contributed by atoms with Crippen LogP contribution in [0.3, 0.4) is 0 Å². The number of benzene rings is 1. The highest BCUT2D eigenvalue weighted by Crippen LogP contribution is 2.32. The Morgan fingerprint density at radius 3 is 2.45 bits per heavy atom. The zero-order valence-corrected chi connectivity index (χ0v) is 22.6. The molecule has 1 aromatic heterocycles. The maximum absolute atomic E-state index is 12.4. The lowest BCUT2D eigenvalue weighted by Gasteiger charge is -2.14. The van der Waals surface area contributed by atoms with Gasteiger partial charge in [0, 0.05) is 23.5 Å². The van der Waals surface area contributed by atoms with Gasteiger partial charge in [0.2, 0.25) is 0 Å². The second-order valence-corrected chi connectivity index (χ2v) is 9.74. The molecular weight excluding hydrogens is 502 g/mol. The van der Waals surface area contributed by atoms with Crippen molar-refractivity contribution in [2.45, 2.75) is 33.1 Å². The zero-order valence-electron chi connectivity index (χ0n) is 21.8. The summed E-state index contributed by atoms with van der Waals surface area (Å²) in [5.74, 6) is -0.693. The number of rotatable bonds is 11. The summed E-state index contributed by atoms with van der Waals surface area (Å²) in [4.78, 5) is 39.4. The molecule has 0 spiro atoms. The van der Waals surface area contributed by atoms with Gasteiger partial charge in [0.25, 0.3) is 5.91 Å². The van der Waals surface area contributed by atoms with E-state index in [1.807, 2.05) is 13.8 Å². The summed E-state index contributed by atoms with van der Waals surface area (Å²) in [6.45, 7) is 11.2. The Hall–Kier alpha value is -3.96. The highest BCUT2D eigenvalue weighted by Gasteiger charge is 2.21. The molecule has 2 heterocycles. The number of nitrogens with zero attached hydrogens (tertiary/aromatic N) is 2. The van der Waals surface area contributed by atoms with Gasteiger partial charge in [-0.3, -0.25) is 10.1 Å². The number of anilines is 2. The van der Waals surface area contributed by atoms with E-state index in [0.717, 1.165) is 43.2 Å². The van der Waals surface area contributed by atoms with Crippen molar-refractivity contribution < 1.29 is 14.4 Å². The number of amides is 5. The molecule has 6 N–H and O–H groups in total. The third-order valence-corrected chi connectivity index (χ3v) is 6.60. The van der Waals surface area contributed by atoms with Gasteiger partial charge in [-0.1, -0.05) is 36.4 Å². The SMILES string of the molecule is C=C(C)/C=C\C(=C/C)NC(=O)Nc1ccc(-c2nsc(NC(=O)NCCCN3CCCC3)c2C(N)=O)cc1. The lowest BCUT2D eigenvalue weighted by molar-refractivity contribution is 0.100. The van der Waals surface area contributed by atoms with E-state index in [0.29, 0.717) is 29.2 Å². The normalized spacial score (nSPS) is 13.9. The van der Waals surface area contributed by atoms with Crippen LogP contribution in [0, 0.1) is 0 Å². The maximum Gasteiger partial charge on any atom is 0.323 e. The number of nitrogens with one attached hydrogen (secondary N) is 4. The van der Waals surface area contributed by atoms with Crippen LogP contribution >= 0.6 is 11.5 Å². The van der Waals surface area contributed by atoms with E-state index in [1.165, 1.54) is 12.8 Å². The molecule has 0 unspecified atom stereocenters. The van der Waals surface area contributed by atoms with Crippen molar-refractivity contribution in [1.82, 2.24) is 19.9 Å². The number of primary amides is 1. The fraction of sp³-hybridized carbons (Fsp3) is 0.333. The molecule has 1 saturated heterocycles. The number of urea groups is 2. The van der Waals surface area contributed by atoms with Crippen LogP contribution in [0.5, 0.6) is 0 Å². The predicted octanol–water partition coefficient (Wildman–Crippen LogP) is 4.67. The van der Waals surface area contributed by atoms with Crippen molar-refractivity contribution in [2.75, 3.05) is 36.8 Å². The van der Waals surface area contributed by atoms with Crippen LogP contribution in [-0.4, -0.2) is 53.4 Å². The molecule has 10 nitrogen and oxygen atoms in total.